The molecule has 2 fully saturated rings. The third kappa shape index (κ3) is 4.81. The van der Waals surface area contributed by atoms with Crippen molar-refractivity contribution in [2.75, 3.05) is 31.1 Å². The molecule has 3 heterocycles. The van der Waals surface area contributed by atoms with E-state index in [2.05, 4.69) is 44.8 Å². The van der Waals surface area contributed by atoms with Crippen molar-refractivity contribution in [1.82, 2.24) is 15.6 Å². The monoisotopic (exact) mass is 380 g/mol. The number of nitrogens with one attached hydrogen (secondary N) is 2. The van der Waals surface area contributed by atoms with Crippen LogP contribution in [-0.2, 0) is 4.74 Å². The molecule has 2 amide bonds. The average molecular weight is 380 g/mol. The second-order valence-corrected chi connectivity index (χ2v) is 7.60. The molecule has 0 saturated carbocycles. The Labute approximate surface area is 166 Å². The lowest BCUT2D eigenvalue weighted by Gasteiger charge is -2.33. The van der Waals surface area contributed by atoms with E-state index in [4.69, 9.17) is 4.74 Å². The van der Waals surface area contributed by atoms with E-state index in [1.165, 1.54) is 5.56 Å². The van der Waals surface area contributed by atoms with Crippen LogP contribution in [0.25, 0.3) is 0 Å². The molecule has 1 aromatic heterocycles. The van der Waals surface area contributed by atoms with Gasteiger partial charge in [-0.1, -0.05) is 36.4 Å². The first-order chi connectivity index (χ1) is 13.8. The highest BCUT2D eigenvalue weighted by atomic mass is 16.5. The quantitative estimate of drug-likeness (QED) is 0.837. The van der Waals surface area contributed by atoms with E-state index in [9.17, 15) is 4.79 Å². The topological polar surface area (TPSA) is 66.5 Å². The molecule has 0 unspecified atom stereocenters. The summed E-state index contributed by atoms with van der Waals surface area (Å²) in [5.74, 6) is 1.43. The molecule has 0 radical (unpaired) electrons. The first-order valence-electron chi connectivity index (χ1n) is 10.1. The van der Waals surface area contributed by atoms with Crippen molar-refractivity contribution >= 4 is 11.8 Å². The largest absolute Gasteiger partial charge is 0.376 e. The number of urea groups is 1. The number of ether oxygens (including phenoxy) is 1. The van der Waals surface area contributed by atoms with Crippen molar-refractivity contribution in [2.45, 2.75) is 37.3 Å². The van der Waals surface area contributed by atoms with Gasteiger partial charge in [0.05, 0.1) is 12.7 Å². The fourth-order valence-corrected chi connectivity index (χ4v) is 4.04. The van der Waals surface area contributed by atoms with Gasteiger partial charge in [-0.2, -0.15) is 0 Å². The summed E-state index contributed by atoms with van der Waals surface area (Å²) in [5.41, 5.74) is 1.31. The van der Waals surface area contributed by atoms with Gasteiger partial charge in [-0.15, -0.1) is 0 Å². The summed E-state index contributed by atoms with van der Waals surface area (Å²) in [6.07, 6.45) is 4.72. The van der Waals surface area contributed by atoms with Crippen LogP contribution < -0.4 is 15.5 Å². The average Bonchev–Trinajstić information content (AvgIpc) is 3.23. The van der Waals surface area contributed by atoms with Gasteiger partial charge >= 0.3 is 6.03 Å². The van der Waals surface area contributed by atoms with Gasteiger partial charge in [-0.3, -0.25) is 0 Å². The van der Waals surface area contributed by atoms with Gasteiger partial charge in [0.15, 0.2) is 0 Å². The van der Waals surface area contributed by atoms with Crippen molar-refractivity contribution in [3.63, 3.8) is 0 Å². The lowest BCUT2D eigenvalue weighted by molar-refractivity contribution is 0.109. The Kier molecular flexibility index (Phi) is 6.07. The number of aromatic nitrogens is 1. The summed E-state index contributed by atoms with van der Waals surface area (Å²) in [4.78, 5) is 18.9. The maximum atomic E-state index is 12.3. The van der Waals surface area contributed by atoms with Gasteiger partial charge in [0.1, 0.15) is 5.82 Å². The van der Waals surface area contributed by atoms with Crippen LogP contribution in [0.3, 0.4) is 0 Å². The Morgan fingerprint density at radius 1 is 1.11 bits per heavy atom. The van der Waals surface area contributed by atoms with Gasteiger partial charge in [-0.05, 0) is 37.0 Å². The SMILES string of the molecule is O=C(NC[C@@H]1C[C@H](c2ccccc2)CO1)NC1CCN(c2ccccn2)CC1. The number of pyridine rings is 1. The molecule has 0 aliphatic carbocycles. The lowest BCUT2D eigenvalue weighted by Crippen LogP contribution is -2.49. The number of hydrogen-bond donors (Lipinski definition) is 2. The number of rotatable bonds is 5. The smallest absolute Gasteiger partial charge is 0.315 e. The maximum absolute atomic E-state index is 12.3. The zero-order valence-corrected chi connectivity index (χ0v) is 16.1. The number of amides is 2. The molecule has 148 valence electrons. The van der Waals surface area contributed by atoms with Crippen LogP contribution in [0.4, 0.5) is 10.6 Å². The van der Waals surface area contributed by atoms with Crippen LogP contribution in [0.2, 0.25) is 0 Å². The minimum atomic E-state index is -0.0944. The Balaban J connectivity index is 1.16. The van der Waals surface area contributed by atoms with E-state index in [0.29, 0.717) is 12.5 Å². The molecular weight excluding hydrogens is 352 g/mol. The molecule has 2 aliphatic heterocycles. The summed E-state index contributed by atoms with van der Waals surface area (Å²) in [6.45, 7) is 3.10. The van der Waals surface area contributed by atoms with E-state index in [0.717, 1.165) is 44.8 Å². The molecule has 2 aliphatic rings. The first kappa shape index (κ1) is 18.7. The zero-order valence-electron chi connectivity index (χ0n) is 16.1. The molecule has 6 nitrogen and oxygen atoms in total. The summed E-state index contributed by atoms with van der Waals surface area (Å²) >= 11 is 0. The molecular formula is C22H28N4O2. The van der Waals surface area contributed by atoms with Gasteiger partial charge in [0.25, 0.3) is 0 Å². The fraction of sp³-hybridized carbons (Fsp3) is 0.455. The number of benzene rings is 1. The number of carbonyl (C=O) groups is 1. The van der Waals surface area contributed by atoms with Crippen molar-refractivity contribution < 1.29 is 9.53 Å². The van der Waals surface area contributed by atoms with Crippen molar-refractivity contribution in [1.29, 1.82) is 0 Å². The van der Waals surface area contributed by atoms with Crippen LogP contribution >= 0.6 is 0 Å². The van der Waals surface area contributed by atoms with Gasteiger partial charge in [0, 0.05) is 37.8 Å². The Morgan fingerprint density at radius 2 is 1.89 bits per heavy atom. The van der Waals surface area contributed by atoms with E-state index < -0.39 is 0 Å². The number of anilines is 1. The summed E-state index contributed by atoms with van der Waals surface area (Å²) in [6, 6.07) is 16.5. The summed E-state index contributed by atoms with van der Waals surface area (Å²) in [7, 11) is 0. The van der Waals surface area contributed by atoms with Crippen molar-refractivity contribution in [2.24, 2.45) is 0 Å². The van der Waals surface area contributed by atoms with Gasteiger partial charge in [-0.25, -0.2) is 9.78 Å². The number of hydrogen-bond acceptors (Lipinski definition) is 4. The van der Waals surface area contributed by atoms with Crippen LogP contribution in [0.15, 0.2) is 54.7 Å². The zero-order chi connectivity index (χ0) is 19.2. The maximum Gasteiger partial charge on any atom is 0.315 e. The third-order valence-electron chi connectivity index (χ3n) is 5.65. The molecule has 2 aromatic rings. The van der Waals surface area contributed by atoms with Crippen LogP contribution in [0, 0.1) is 0 Å². The van der Waals surface area contributed by atoms with Gasteiger partial charge < -0.3 is 20.3 Å². The standard InChI is InChI=1S/C22H28N4O2/c27-22(24-15-20-14-18(16-28-20)17-6-2-1-3-7-17)25-19-9-12-26(13-10-19)21-8-4-5-11-23-21/h1-8,11,18-20H,9-10,12-16H2,(H2,24,25,27)/t18-,20-/m0/s1. The number of carbonyl (C=O) groups excluding carboxylic acids is 1. The second kappa shape index (κ2) is 9.06. The highest BCUT2D eigenvalue weighted by molar-refractivity contribution is 5.74. The highest BCUT2D eigenvalue weighted by Crippen LogP contribution is 2.28. The first-order valence-corrected chi connectivity index (χ1v) is 10.1. The molecule has 0 bridgehead atoms. The van der Waals surface area contributed by atoms with Crippen LogP contribution in [-0.4, -0.2) is 49.4 Å². The van der Waals surface area contributed by atoms with E-state index in [1.807, 2.05) is 30.5 Å². The van der Waals surface area contributed by atoms with Crippen LogP contribution in [0.1, 0.15) is 30.7 Å². The highest BCUT2D eigenvalue weighted by Gasteiger charge is 2.27. The molecule has 6 heteroatoms. The normalized spacial score (nSPS) is 22.8. The van der Waals surface area contributed by atoms with E-state index in [1.54, 1.807) is 0 Å². The number of piperidine rings is 1. The molecule has 2 saturated heterocycles. The van der Waals surface area contributed by atoms with Crippen LogP contribution in [0.5, 0.6) is 0 Å². The lowest BCUT2D eigenvalue weighted by atomic mass is 9.96. The minimum absolute atomic E-state index is 0.0851. The molecule has 2 N–H and O–H groups in total. The fourth-order valence-electron chi connectivity index (χ4n) is 4.04. The second-order valence-electron chi connectivity index (χ2n) is 7.60. The molecule has 28 heavy (non-hydrogen) atoms. The minimum Gasteiger partial charge on any atom is -0.376 e. The molecule has 0 spiro atoms. The summed E-state index contributed by atoms with van der Waals surface area (Å²) in [5, 5.41) is 6.09. The van der Waals surface area contributed by atoms with E-state index in [-0.39, 0.29) is 18.2 Å². The molecule has 4 rings (SSSR count). The summed E-state index contributed by atoms with van der Waals surface area (Å²) < 4.78 is 5.87. The number of nitrogens with zero attached hydrogens (tertiary/aromatic N) is 2. The van der Waals surface area contributed by atoms with Gasteiger partial charge in [0.2, 0.25) is 0 Å². The van der Waals surface area contributed by atoms with Crippen molar-refractivity contribution in [3.8, 4) is 0 Å². The predicted molar refractivity (Wildman–Crippen MR) is 110 cm³/mol. The molecule has 2 atom stereocenters. The van der Waals surface area contributed by atoms with E-state index >= 15 is 0 Å². The Bertz CT molecular complexity index is 748. The Morgan fingerprint density at radius 3 is 2.64 bits per heavy atom. The predicted octanol–water partition coefficient (Wildman–Crippen LogP) is 2.92. The van der Waals surface area contributed by atoms with Crippen molar-refractivity contribution in [3.05, 3.63) is 60.3 Å². The Hall–Kier alpha value is -2.60. The molecule has 1 aromatic carbocycles. The third-order valence-corrected chi connectivity index (χ3v) is 5.65.